The summed E-state index contributed by atoms with van der Waals surface area (Å²) in [6, 6.07) is 0. The van der Waals surface area contributed by atoms with Crippen LogP contribution in [0.15, 0.2) is 24.0 Å². The zero-order valence-electron chi connectivity index (χ0n) is 14.4. The molecule has 2 aliphatic carbocycles. The fourth-order valence-corrected chi connectivity index (χ4v) is 2.77. The van der Waals surface area contributed by atoms with Gasteiger partial charge in [-0.1, -0.05) is 39.8 Å². The molecule has 0 radical (unpaired) electrons. The monoisotopic (exact) mass is 292 g/mol. The number of carbonyl (C=O) groups excluding carboxylic acids is 1. The number of hydrogen-bond donors (Lipinski definition) is 0. The van der Waals surface area contributed by atoms with E-state index in [4.69, 9.17) is 4.74 Å². The molecule has 0 unspecified atom stereocenters. The van der Waals surface area contributed by atoms with E-state index in [0.717, 1.165) is 25.5 Å². The molecule has 1 fully saturated rings. The Labute approximate surface area is 130 Å². The predicted molar refractivity (Wildman–Crippen MR) is 89.1 cm³/mol. The highest BCUT2D eigenvalue weighted by Gasteiger charge is 2.26. The van der Waals surface area contributed by atoms with Crippen molar-refractivity contribution in [2.45, 2.75) is 66.2 Å². The van der Waals surface area contributed by atoms with Crippen molar-refractivity contribution in [2.24, 2.45) is 16.7 Å². The smallest absolute Gasteiger partial charge is 0.123 e. The third-order valence-electron chi connectivity index (χ3n) is 4.65. The van der Waals surface area contributed by atoms with Crippen LogP contribution in [0.5, 0.6) is 0 Å². The van der Waals surface area contributed by atoms with Gasteiger partial charge in [-0.15, -0.1) is 0 Å². The van der Waals surface area contributed by atoms with Gasteiger partial charge in [0.1, 0.15) is 6.29 Å². The second-order valence-corrected chi connectivity index (χ2v) is 7.89. The average molecular weight is 292 g/mol. The molecule has 0 aromatic carbocycles. The van der Waals surface area contributed by atoms with E-state index in [1.165, 1.54) is 24.8 Å². The summed E-state index contributed by atoms with van der Waals surface area (Å²) < 4.78 is 4.94. The molecule has 120 valence electrons. The van der Waals surface area contributed by atoms with Crippen LogP contribution in [-0.2, 0) is 9.53 Å². The number of hydrogen-bond acceptors (Lipinski definition) is 2. The lowest BCUT2D eigenvalue weighted by atomic mass is 9.74. The molecule has 2 heteroatoms. The molecule has 2 nitrogen and oxygen atoms in total. The van der Waals surface area contributed by atoms with Gasteiger partial charge in [0.2, 0.25) is 0 Å². The predicted octanol–water partition coefficient (Wildman–Crippen LogP) is 5.29. The van der Waals surface area contributed by atoms with Crippen LogP contribution in [0.25, 0.3) is 0 Å². The first kappa shape index (κ1) is 18.0. The summed E-state index contributed by atoms with van der Waals surface area (Å²) in [4.78, 5) is 10.4. The molecule has 1 saturated carbocycles. The molecule has 0 N–H and O–H groups in total. The third kappa shape index (κ3) is 6.97. The second-order valence-electron chi connectivity index (χ2n) is 7.89. The molecule has 0 aromatic rings. The van der Waals surface area contributed by atoms with Crippen molar-refractivity contribution < 1.29 is 9.53 Å². The van der Waals surface area contributed by atoms with E-state index < -0.39 is 0 Å². The first-order valence-corrected chi connectivity index (χ1v) is 8.14. The van der Waals surface area contributed by atoms with E-state index in [1.54, 1.807) is 7.11 Å². The molecular weight excluding hydrogens is 260 g/mol. The van der Waals surface area contributed by atoms with Crippen LogP contribution in [-0.4, -0.2) is 13.4 Å². The Hall–Kier alpha value is -1.05. The Balaban J connectivity index is 0.000000211. The number of methoxy groups -OCH3 is 1. The summed E-state index contributed by atoms with van der Waals surface area (Å²) >= 11 is 0. The second kappa shape index (κ2) is 7.82. The maximum absolute atomic E-state index is 10.4. The number of rotatable bonds is 2. The number of allylic oxidation sites excluding steroid dienone is 3. The largest absolute Gasteiger partial charge is 0.504 e. The van der Waals surface area contributed by atoms with E-state index in [0.29, 0.717) is 16.7 Å². The van der Waals surface area contributed by atoms with Gasteiger partial charge in [-0.05, 0) is 54.9 Å². The van der Waals surface area contributed by atoms with E-state index in [1.807, 2.05) is 6.26 Å². The lowest BCUT2D eigenvalue weighted by molar-refractivity contribution is -0.112. The Bertz CT molecular complexity index is 378. The first-order valence-electron chi connectivity index (χ1n) is 8.14. The van der Waals surface area contributed by atoms with Gasteiger partial charge in [0.25, 0.3) is 0 Å². The summed E-state index contributed by atoms with van der Waals surface area (Å²) in [6.45, 7) is 9.09. The van der Waals surface area contributed by atoms with E-state index in [9.17, 15) is 4.79 Å². The van der Waals surface area contributed by atoms with E-state index in [-0.39, 0.29) is 0 Å². The van der Waals surface area contributed by atoms with Crippen molar-refractivity contribution >= 4 is 6.29 Å². The van der Waals surface area contributed by atoms with Crippen LogP contribution in [0.4, 0.5) is 0 Å². The molecule has 0 saturated heterocycles. The van der Waals surface area contributed by atoms with E-state index >= 15 is 0 Å². The van der Waals surface area contributed by atoms with Gasteiger partial charge in [-0.25, -0.2) is 0 Å². The van der Waals surface area contributed by atoms with E-state index in [2.05, 4.69) is 39.8 Å². The van der Waals surface area contributed by atoms with Gasteiger partial charge in [0, 0.05) is 5.92 Å². The van der Waals surface area contributed by atoms with Gasteiger partial charge in [-0.3, -0.25) is 0 Å². The molecule has 0 heterocycles. The lowest BCUT2D eigenvalue weighted by Crippen LogP contribution is -2.21. The van der Waals surface area contributed by atoms with Gasteiger partial charge >= 0.3 is 0 Å². The molecule has 0 atom stereocenters. The van der Waals surface area contributed by atoms with Gasteiger partial charge in [0.05, 0.1) is 13.4 Å². The zero-order chi connectivity index (χ0) is 15.9. The van der Waals surface area contributed by atoms with Crippen molar-refractivity contribution in [3.05, 3.63) is 24.0 Å². The highest BCUT2D eigenvalue weighted by Crippen LogP contribution is 2.37. The van der Waals surface area contributed by atoms with Crippen LogP contribution < -0.4 is 0 Å². The summed E-state index contributed by atoms with van der Waals surface area (Å²) in [7, 11) is 1.70. The van der Waals surface area contributed by atoms with Crippen molar-refractivity contribution in [1.29, 1.82) is 0 Å². The Morgan fingerprint density at radius 1 is 1.14 bits per heavy atom. The highest BCUT2D eigenvalue weighted by atomic mass is 16.5. The fourth-order valence-electron chi connectivity index (χ4n) is 2.77. The lowest BCUT2D eigenvalue weighted by Gasteiger charge is -2.31. The van der Waals surface area contributed by atoms with Crippen LogP contribution in [0, 0.1) is 16.7 Å². The number of ether oxygens (including phenoxy) is 1. The van der Waals surface area contributed by atoms with Crippen molar-refractivity contribution in [3.63, 3.8) is 0 Å². The molecule has 2 rings (SSSR count). The van der Waals surface area contributed by atoms with Crippen LogP contribution in [0.2, 0.25) is 0 Å². The molecule has 0 aromatic heterocycles. The fraction of sp³-hybridized carbons (Fsp3) is 0.737. The van der Waals surface area contributed by atoms with Crippen molar-refractivity contribution in [2.75, 3.05) is 7.11 Å². The summed E-state index contributed by atoms with van der Waals surface area (Å²) in [5.41, 5.74) is 2.18. The normalized spacial score (nSPS) is 25.9. The summed E-state index contributed by atoms with van der Waals surface area (Å²) in [5.74, 6) is 0.369. The number of aldehydes is 1. The third-order valence-corrected chi connectivity index (χ3v) is 4.65. The molecule has 0 aliphatic heterocycles. The average Bonchev–Trinajstić information content (AvgIpc) is 2.42. The molecule has 0 amide bonds. The molecule has 21 heavy (non-hydrogen) atoms. The molecular formula is C19H32O2. The Morgan fingerprint density at radius 3 is 2.19 bits per heavy atom. The minimum atomic E-state index is 0.369. The standard InChI is InChI=1S/C10H16O.C9H16O/c1-10(2)6-4-9(5-7-10)8-11-3;1-9(2)5-3-8(7-10)4-6-9/h4,6,8H,5,7H2,1-3H3;7-8H,3-6H2,1-2H3/b9-8-;. The van der Waals surface area contributed by atoms with Crippen LogP contribution >= 0.6 is 0 Å². The molecule has 2 aliphatic rings. The minimum absolute atomic E-state index is 0.369. The van der Waals surface area contributed by atoms with Crippen LogP contribution in [0.3, 0.4) is 0 Å². The Kier molecular flexibility index (Phi) is 6.70. The summed E-state index contributed by atoms with van der Waals surface area (Å²) in [5, 5.41) is 0. The topological polar surface area (TPSA) is 26.3 Å². The van der Waals surface area contributed by atoms with Gasteiger partial charge in [0.15, 0.2) is 0 Å². The maximum Gasteiger partial charge on any atom is 0.123 e. The van der Waals surface area contributed by atoms with Crippen LogP contribution in [0.1, 0.15) is 66.2 Å². The van der Waals surface area contributed by atoms with Gasteiger partial charge in [-0.2, -0.15) is 0 Å². The first-order chi connectivity index (χ1) is 9.78. The molecule has 0 bridgehead atoms. The zero-order valence-corrected chi connectivity index (χ0v) is 14.4. The SMILES string of the molecule is CC1(C)CCC(C=O)CC1.CO/C=C1/C=CC(C)(C)CC1. The molecule has 0 spiro atoms. The summed E-state index contributed by atoms with van der Waals surface area (Å²) in [6.07, 6.45) is 14.4. The maximum atomic E-state index is 10.4. The van der Waals surface area contributed by atoms with Crippen molar-refractivity contribution in [3.8, 4) is 0 Å². The van der Waals surface area contributed by atoms with Crippen molar-refractivity contribution in [1.82, 2.24) is 0 Å². The highest BCUT2D eigenvalue weighted by molar-refractivity contribution is 5.53. The Morgan fingerprint density at radius 2 is 1.76 bits per heavy atom. The van der Waals surface area contributed by atoms with Gasteiger partial charge < -0.3 is 9.53 Å². The quantitative estimate of drug-likeness (QED) is 0.510. The minimum Gasteiger partial charge on any atom is -0.504 e. The number of carbonyl (C=O) groups is 1.